The topological polar surface area (TPSA) is 66.8 Å². The molecule has 0 saturated carbocycles. The molecule has 3 aromatic carbocycles. The fourth-order valence-corrected chi connectivity index (χ4v) is 5.47. The minimum atomic E-state index is -5.44. The van der Waals surface area contributed by atoms with E-state index >= 15 is 0 Å². The Labute approximate surface area is 256 Å². The molecule has 0 fully saturated rings. The van der Waals surface area contributed by atoms with E-state index in [9.17, 15) is 27.6 Å². The summed E-state index contributed by atoms with van der Waals surface area (Å²) in [6.45, 7) is -1.31. The maximum atomic E-state index is 14.0. The van der Waals surface area contributed by atoms with E-state index in [4.69, 9.17) is 4.74 Å². The number of benzene rings is 3. The van der Waals surface area contributed by atoms with Crippen molar-refractivity contribution in [3.63, 3.8) is 0 Å². The molecule has 0 spiro atoms. The summed E-state index contributed by atoms with van der Waals surface area (Å²) >= 11 is 0. The number of hydrogen-bond acceptors (Lipinski definition) is 3. The number of carbonyl (C=O) groups is 2. The number of hydrogen-bond donors (Lipinski definition) is 1. The largest absolute Gasteiger partial charge is 1.00 e. The summed E-state index contributed by atoms with van der Waals surface area (Å²) in [5.41, 5.74) is 3.42. The van der Waals surface area contributed by atoms with E-state index in [-0.39, 0.29) is 86.3 Å². The second-order valence-electron chi connectivity index (χ2n) is 9.12. The smallest absolute Gasteiger partial charge is 0.481 e. The number of nitrogens with zero attached hydrogens (tertiary/aromatic N) is 1. The number of amides is 1. The normalized spacial score (nSPS) is 12.4. The van der Waals surface area contributed by atoms with Crippen molar-refractivity contribution >= 4 is 30.2 Å². The van der Waals surface area contributed by atoms with Gasteiger partial charge in [0.2, 0.25) is 0 Å². The monoisotopic (exact) mass is 535 g/mol. The summed E-state index contributed by atoms with van der Waals surface area (Å²) in [4.78, 5) is 25.6. The van der Waals surface area contributed by atoms with Crippen LogP contribution in [0.5, 0.6) is 0 Å². The van der Waals surface area contributed by atoms with E-state index in [1.54, 1.807) is 0 Å². The van der Waals surface area contributed by atoms with E-state index in [1.165, 1.54) is 27.8 Å². The Morgan fingerprint density at radius 2 is 1.43 bits per heavy atom. The summed E-state index contributed by atoms with van der Waals surface area (Å²) in [6, 6.07) is 15.7. The fraction of sp³-hybridized carbons (Fsp3) is 0.259. The molecule has 0 saturated heterocycles. The molecule has 0 aliphatic heterocycles. The van der Waals surface area contributed by atoms with Crippen LogP contribution in [0, 0.1) is 20.8 Å². The molecule has 37 heavy (non-hydrogen) atoms. The first kappa shape index (κ1) is 29.4. The first-order valence-electron chi connectivity index (χ1n) is 11.6. The average Bonchev–Trinajstić information content (AvgIpc) is 3.13. The molecule has 1 aliphatic carbocycles. The van der Waals surface area contributed by atoms with Gasteiger partial charge in [0.15, 0.2) is 0 Å². The van der Waals surface area contributed by atoms with Crippen molar-refractivity contribution in [3.8, 4) is 11.1 Å². The number of carboxylic acid groups (broad SMARTS) is 1. The Hall–Kier alpha value is -2.11. The molecule has 0 heterocycles. The van der Waals surface area contributed by atoms with E-state index < -0.39 is 30.9 Å². The van der Waals surface area contributed by atoms with Crippen molar-refractivity contribution in [1.29, 1.82) is 0 Å². The second-order valence-corrected chi connectivity index (χ2v) is 9.12. The maximum absolute atomic E-state index is 14.0. The van der Waals surface area contributed by atoms with Crippen molar-refractivity contribution in [3.05, 3.63) is 81.9 Å². The van der Waals surface area contributed by atoms with Gasteiger partial charge in [-0.15, -0.1) is 5.46 Å². The predicted octanol–water partition coefficient (Wildman–Crippen LogP) is 2.68. The van der Waals surface area contributed by atoms with E-state index in [0.29, 0.717) is 5.56 Å². The van der Waals surface area contributed by atoms with Gasteiger partial charge in [0.1, 0.15) is 6.61 Å². The summed E-state index contributed by atoms with van der Waals surface area (Å²) in [5, 5.41) is 9.30. The van der Waals surface area contributed by atoms with E-state index in [1.807, 2.05) is 48.5 Å². The standard InChI is InChI=1S/C27H26BF3NO4.K/c1-15-22(13-24(33)34)16(2)26(17(3)25(15)28(29,30)31)32(4)27(35)36-14-23-20-11-7-5-9-18(20)19-10-6-8-12-21(19)23;/h5-12,23H,13-14H2,1-4H3,(H,33,34);/q-1;+1. The number of aliphatic carboxylic acids is 1. The number of carboxylic acids is 1. The molecular formula is C27H26BF3KNO4. The first-order chi connectivity index (χ1) is 16.9. The van der Waals surface area contributed by atoms with Gasteiger partial charge in [-0.3, -0.25) is 9.69 Å². The number of fused-ring (bicyclic) bond motifs is 3. The van der Waals surface area contributed by atoms with Gasteiger partial charge in [0.25, 0.3) is 0 Å². The van der Waals surface area contributed by atoms with Gasteiger partial charge in [-0.2, -0.15) is 0 Å². The summed E-state index contributed by atoms with van der Waals surface area (Å²) in [7, 11) is 1.35. The molecule has 188 valence electrons. The van der Waals surface area contributed by atoms with Crippen LogP contribution >= 0.6 is 0 Å². The van der Waals surface area contributed by atoms with Crippen molar-refractivity contribution in [2.45, 2.75) is 33.1 Å². The fourth-order valence-electron chi connectivity index (χ4n) is 5.47. The third kappa shape index (κ3) is 5.54. The third-order valence-electron chi connectivity index (χ3n) is 7.02. The van der Waals surface area contributed by atoms with Gasteiger partial charge >= 0.3 is 70.4 Å². The van der Waals surface area contributed by atoms with Gasteiger partial charge in [0.05, 0.1) is 6.42 Å². The molecule has 1 amide bonds. The molecule has 0 bridgehead atoms. The van der Waals surface area contributed by atoms with Crippen molar-refractivity contribution in [1.82, 2.24) is 0 Å². The molecular weight excluding hydrogens is 509 g/mol. The number of anilines is 1. The quantitative estimate of drug-likeness (QED) is 0.494. The van der Waals surface area contributed by atoms with Crippen LogP contribution in [-0.4, -0.2) is 37.8 Å². The molecule has 1 N–H and O–H groups in total. The Bertz CT molecular complexity index is 1330. The molecule has 0 unspecified atom stereocenters. The second kappa shape index (κ2) is 11.3. The van der Waals surface area contributed by atoms with Crippen LogP contribution in [0.25, 0.3) is 11.1 Å². The zero-order chi connectivity index (χ0) is 26.4. The van der Waals surface area contributed by atoms with Gasteiger partial charge in [-0.25, -0.2) is 4.79 Å². The first-order valence-corrected chi connectivity index (χ1v) is 11.6. The Balaban J connectivity index is 0.00000380. The third-order valence-corrected chi connectivity index (χ3v) is 7.02. The van der Waals surface area contributed by atoms with Gasteiger partial charge < -0.3 is 22.8 Å². The van der Waals surface area contributed by atoms with Gasteiger partial charge in [0, 0.05) is 18.7 Å². The number of rotatable bonds is 6. The zero-order valence-electron chi connectivity index (χ0n) is 21.4. The van der Waals surface area contributed by atoms with Gasteiger partial charge in [-0.1, -0.05) is 59.7 Å². The Morgan fingerprint density at radius 3 is 1.92 bits per heavy atom. The van der Waals surface area contributed by atoms with Crippen LogP contribution in [0.2, 0.25) is 0 Å². The minimum Gasteiger partial charge on any atom is -0.481 e. The molecule has 0 aromatic heterocycles. The van der Waals surface area contributed by atoms with Crippen LogP contribution in [0.15, 0.2) is 48.5 Å². The number of carbonyl (C=O) groups excluding carboxylic acids is 1. The van der Waals surface area contributed by atoms with Crippen LogP contribution in [0.1, 0.15) is 39.3 Å². The summed E-state index contributed by atoms with van der Waals surface area (Å²) < 4.78 is 47.7. The Kier molecular flexibility index (Phi) is 9.02. The SMILES string of the molecule is Cc1c(CC(=O)O)c(C)c([B-](F)(F)F)c(C)c1N(C)C(=O)OCC1c2ccccc2-c2ccccc21.[K+]. The van der Waals surface area contributed by atoms with E-state index in [2.05, 4.69) is 0 Å². The molecule has 1 aliphatic rings. The average molecular weight is 535 g/mol. The van der Waals surface area contributed by atoms with Crippen LogP contribution < -0.4 is 61.7 Å². The number of ether oxygens (including phenoxy) is 1. The van der Waals surface area contributed by atoms with Crippen molar-refractivity contribution in [2.75, 3.05) is 18.6 Å². The van der Waals surface area contributed by atoms with Crippen LogP contribution in [-0.2, 0) is 16.0 Å². The molecule has 4 rings (SSSR count). The summed E-state index contributed by atoms with van der Waals surface area (Å²) in [6.07, 6.45) is -1.39. The number of halogens is 3. The maximum Gasteiger partial charge on any atom is 1.00 e. The predicted molar refractivity (Wildman–Crippen MR) is 134 cm³/mol. The van der Waals surface area contributed by atoms with Crippen molar-refractivity contribution < 1.29 is 83.8 Å². The molecule has 5 nitrogen and oxygen atoms in total. The molecule has 0 atom stereocenters. The zero-order valence-corrected chi connectivity index (χ0v) is 24.6. The molecule has 10 heteroatoms. The summed E-state index contributed by atoms with van der Waals surface area (Å²) in [5.74, 6) is -1.45. The van der Waals surface area contributed by atoms with Crippen molar-refractivity contribution in [2.24, 2.45) is 0 Å². The van der Waals surface area contributed by atoms with Gasteiger partial charge in [-0.05, 0) is 54.2 Å². The molecule has 0 radical (unpaired) electrons. The Morgan fingerprint density at radius 1 is 0.919 bits per heavy atom. The van der Waals surface area contributed by atoms with Crippen LogP contribution in [0.3, 0.4) is 0 Å². The molecule has 3 aromatic rings. The van der Waals surface area contributed by atoms with E-state index in [0.717, 1.165) is 27.2 Å². The minimum absolute atomic E-state index is 0. The van der Waals surface area contributed by atoms with Crippen LogP contribution in [0.4, 0.5) is 23.4 Å².